The van der Waals surface area contributed by atoms with Gasteiger partial charge in [-0.05, 0) is 36.5 Å². The van der Waals surface area contributed by atoms with Crippen molar-refractivity contribution in [2.45, 2.75) is 27.2 Å². The molecule has 2 heterocycles. The summed E-state index contributed by atoms with van der Waals surface area (Å²) in [6.45, 7) is 9.77. The molecular formula is C15H18N2O. The Morgan fingerprint density at radius 1 is 1.50 bits per heavy atom. The van der Waals surface area contributed by atoms with Crippen molar-refractivity contribution in [3.8, 4) is 0 Å². The molecule has 3 nitrogen and oxygen atoms in total. The van der Waals surface area contributed by atoms with Crippen LogP contribution in [0.25, 0.3) is 11.0 Å². The van der Waals surface area contributed by atoms with Crippen molar-refractivity contribution in [2.24, 2.45) is 5.92 Å². The summed E-state index contributed by atoms with van der Waals surface area (Å²) in [6.07, 6.45) is 4.55. The molecule has 0 spiro atoms. The molecule has 0 aliphatic carbocycles. The van der Waals surface area contributed by atoms with Crippen LogP contribution >= 0.6 is 0 Å². The van der Waals surface area contributed by atoms with Crippen LogP contribution in [0, 0.1) is 5.92 Å². The number of nitrogens with one attached hydrogen (secondary N) is 1. The second-order valence-corrected chi connectivity index (χ2v) is 5.15. The maximum Gasteiger partial charge on any atom is 0.190 e. The number of Topliss-reactive ketones (excluding diaryl/α,β-unsaturated/α-hetero) is 1. The van der Waals surface area contributed by atoms with Crippen LogP contribution in [-0.2, 0) is 6.42 Å². The molecule has 0 unspecified atom stereocenters. The summed E-state index contributed by atoms with van der Waals surface area (Å²) in [5.41, 5.74) is 3.13. The number of pyridine rings is 1. The summed E-state index contributed by atoms with van der Waals surface area (Å²) in [6, 6.07) is 2.05. The lowest BCUT2D eigenvalue weighted by Gasteiger charge is -2.05. The Hall–Kier alpha value is -1.90. The van der Waals surface area contributed by atoms with Crippen LogP contribution in [0.3, 0.4) is 0 Å². The Morgan fingerprint density at radius 2 is 2.22 bits per heavy atom. The summed E-state index contributed by atoms with van der Waals surface area (Å²) >= 11 is 0. The number of hydrogen-bond acceptors (Lipinski definition) is 2. The lowest BCUT2D eigenvalue weighted by atomic mass is 10.0. The minimum absolute atomic E-state index is 0.0234. The minimum atomic E-state index is -0.0234. The maximum absolute atomic E-state index is 12.0. The summed E-state index contributed by atoms with van der Waals surface area (Å²) in [5, 5.41) is 0.890. The van der Waals surface area contributed by atoms with Crippen molar-refractivity contribution >= 4 is 16.8 Å². The second-order valence-electron chi connectivity index (χ2n) is 5.15. The molecule has 0 radical (unpaired) electrons. The molecule has 0 aliphatic heterocycles. The van der Waals surface area contributed by atoms with Gasteiger partial charge >= 0.3 is 0 Å². The van der Waals surface area contributed by atoms with Crippen LogP contribution < -0.4 is 0 Å². The van der Waals surface area contributed by atoms with E-state index in [1.165, 1.54) is 0 Å². The molecular weight excluding hydrogens is 224 g/mol. The standard InChI is InChI=1S/C15H18N2O/c1-9(2)5-11-6-12-13(14(18)10(3)4)8-17-15(12)16-7-11/h6-9H,3,5H2,1-2,4H3,(H,16,17). The Kier molecular flexibility index (Phi) is 3.32. The van der Waals surface area contributed by atoms with E-state index < -0.39 is 0 Å². The normalized spacial score (nSPS) is 11.1. The van der Waals surface area contributed by atoms with Gasteiger partial charge in [0.15, 0.2) is 5.78 Å². The lowest BCUT2D eigenvalue weighted by molar-refractivity contribution is 0.103. The summed E-state index contributed by atoms with van der Waals surface area (Å²) in [5.74, 6) is 0.549. The molecule has 2 aromatic rings. The third kappa shape index (κ3) is 2.35. The molecule has 18 heavy (non-hydrogen) atoms. The first kappa shape index (κ1) is 12.6. The predicted molar refractivity (Wildman–Crippen MR) is 73.8 cm³/mol. The van der Waals surface area contributed by atoms with E-state index in [4.69, 9.17) is 0 Å². The van der Waals surface area contributed by atoms with Crippen LogP contribution in [0.5, 0.6) is 0 Å². The van der Waals surface area contributed by atoms with Crippen molar-refractivity contribution < 1.29 is 4.79 Å². The van der Waals surface area contributed by atoms with Gasteiger partial charge in [-0.25, -0.2) is 4.98 Å². The van der Waals surface area contributed by atoms with Crippen molar-refractivity contribution in [3.05, 3.63) is 41.7 Å². The third-order valence-corrected chi connectivity index (χ3v) is 2.86. The van der Waals surface area contributed by atoms with Crippen molar-refractivity contribution in [1.82, 2.24) is 9.97 Å². The Bertz CT molecular complexity index is 608. The zero-order valence-corrected chi connectivity index (χ0v) is 11.1. The van der Waals surface area contributed by atoms with E-state index >= 15 is 0 Å². The van der Waals surface area contributed by atoms with Gasteiger partial charge in [0.05, 0.1) is 0 Å². The highest BCUT2D eigenvalue weighted by Crippen LogP contribution is 2.21. The van der Waals surface area contributed by atoms with E-state index in [2.05, 4.69) is 36.5 Å². The number of aromatic nitrogens is 2. The number of carbonyl (C=O) groups excluding carboxylic acids is 1. The SMILES string of the molecule is C=C(C)C(=O)c1c[nH]c2ncc(CC(C)C)cc12. The molecule has 1 N–H and O–H groups in total. The van der Waals surface area contributed by atoms with Crippen LogP contribution in [0.15, 0.2) is 30.6 Å². The fourth-order valence-electron chi connectivity index (χ4n) is 2.05. The molecule has 2 aromatic heterocycles. The summed E-state index contributed by atoms with van der Waals surface area (Å²) < 4.78 is 0. The van der Waals surface area contributed by atoms with Gasteiger partial charge in [-0.1, -0.05) is 20.4 Å². The zero-order valence-electron chi connectivity index (χ0n) is 11.1. The molecule has 0 aliphatic rings. The minimum Gasteiger partial charge on any atom is -0.345 e. The van der Waals surface area contributed by atoms with Gasteiger partial charge in [0.25, 0.3) is 0 Å². The molecule has 0 amide bonds. The average Bonchev–Trinajstić information content (AvgIpc) is 2.70. The third-order valence-electron chi connectivity index (χ3n) is 2.86. The number of nitrogens with zero attached hydrogens (tertiary/aromatic N) is 1. The lowest BCUT2D eigenvalue weighted by Crippen LogP contribution is -1.99. The van der Waals surface area contributed by atoms with Crippen LogP contribution in [-0.4, -0.2) is 15.8 Å². The highest BCUT2D eigenvalue weighted by molar-refractivity contribution is 6.15. The number of allylic oxidation sites excluding steroid dienone is 1. The fraction of sp³-hybridized carbons (Fsp3) is 0.333. The van der Waals surface area contributed by atoms with Gasteiger partial charge in [-0.2, -0.15) is 0 Å². The number of H-pyrrole nitrogens is 1. The van der Waals surface area contributed by atoms with E-state index in [0.717, 1.165) is 23.0 Å². The van der Waals surface area contributed by atoms with Crippen molar-refractivity contribution in [1.29, 1.82) is 0 Å². The summed E-state index contributed by atoms with van der Waals surface area (Å²) in [7, 11) is 0. The highest BCUT2D eigenvalue weighted by atomic mass is 16.1. The van der Waals surface area contributed by atoms with Gasteiger partial charge in [-0.15, -0.1) is 0 Å². The molecule has 0 bridgehead atoms. The number of carbonyl (C=O) groups is 1. The molecule has 3 heteroatoms. The first-order chi connectivity index (χ1) is 8.49. The van der Waals surface area contributed by atoms with Crippen molar-refractivity contribution in [3.63, 3.8) is 0 Å². The van der Waals surface area contributed by atoms with Gasteiger partial charge in [0.1, 0.15) is 5.65 Å². The predicted octanol–water partition coefficient (Wildman–Crippen LogP) is 3.52. The molecule has 0 aromatic carbocycles. The second kappa shape index (κ2) is 4.77. The average molecular weight is 242 g/mol. The highest BCUT2D eigenvalue weighted by Gasteiger charge is 2.13. The van der Waals surface area contributed by atoms with E-state index in [0.29, 0.717) is 17.1 Å². The first-order valence-corrected chi connectivity index (χ1v) is 6.15. The number of hydrogen-bond donors (Lipinski definition) is 1. The van der Waals surface area contributed by atoms with E-state index in [1.807, 2.05) is 6.20 Å². The molecule has 0 saturated heterocycles. The van der Waals surface area contributed by atoms with Crippen molar-refractivity contribution in [2.75, 3.05) is 0 Å². The molecule has 94 valence electrons. The molecule has 0 fully saturated rings. The number of aromatic amines is 1. The summed E-state index contributed by atoms with van der Waals surface area (Å²) in [4.78, 5) is 19.4. The molecule has 0 saturated carbocycles. The largest absolute Gasteiger partial charge is 0.345 e. The quantitative estimate of drug-likeness (QED) is 0.658. The van der Waals surface area contributed by atoms with Gasteiger partial charge in [0, 0.05) is 23.3 Å². The molecule has 0 atom stereocenters. The Balaban J connectivity index is 2.49. The van der Waals surface area contributed by atoms with E-state index in [-0.39, 0.29) is 5.78 Å². The number of fused-ring (bicyclic) bond motifs is 1. The molecule has 2 rings (SSSR count). The Morgan fingerprint density at radius 3 is 2.83 bits per heavy atom. The topological polar surface area (TPSA) is 45.8 Å². The maximum atomic E-state index is 12.0. The zero-order chi connectivity index (χ0) is 13.3. The van der Waals surface area contributed by atoms with Gasteiger partial charge in [0.2, 0.25) is 0 Å². The fourth-order valence-corrected chi connectivity index (χ4v) is 2.05. The number of rotatable bonds is 4. The smallest absolute Gasteiger partial charge is 0.190 e. The Labute approximate surface area is 107 Å². The van der Waals surface area contributed by atoms with Gasteiger partial charge < -0.3 is 4.98 Å². The first-order valence-electron chi connectivity index (χ1n) is 6.15. The van der Waals surface area contributed by atoms with Crippen LogP contribution in [0.1, 0.15) is 36.7 Å². The monoisotopic (exact) mass is 242 g/mol. The van der Waals surface area contributed by atoms with Crippen LogP contribution in [0.2, 0.25) is 0 Å². The van der Waals surface area contributed by atoms with Crippen LogP contribution in [0.4, 0.5) is 0 Å². The number of ketones is 1. The van der Waals surface area contributed by atoms with E-state index in [9.17, 15) is 4.79 Å². The van der Waals surface area contributed by atoms with Gasteiger partial charge in [-0.3, -0.25) is 4.79 Å². The van der Waals surface area contributed by atoms with E-state index in [1.54, 1.807) is 13.1 Å².